The molecule has 0 saturated carbocycles. The highest BCUT2D eigenvalue weighted by Crippen LogP contribution is 2.43. The Bertz CT molecular complexity index is 1710. The standard InChI is InChI=1S/C42H42N2O6/c1-41(2)49-38-37(46-28-30-18-8-3-9-19-30)36(48-39(38)50-41)35(44-40(45)43-34-26-16-7-17-27-34)29-47-42(31-20-10-4-11-21-31,32-22-12-5-13-23-32)33-24-14-6-15-25-33/h3-27,35-39H,28-29H2,1-2H3,(H2,43,44,45)/t35-,36-,37+,38-,39-/m1/s1. The van der Waals surface area contributed by atoms with Gasteiger partial charge in [-0.2, -0.15) is 0 Å². The Kier molecular flexibility index (Phi) is 10.1. The number of para-hydroxylation sites is 1. The number of hydrogen-bond acceptors (Lipinski definition) is 6. The van der Waals surface area contributed by atoms with E-state index in [-0.39, 0.29) is 6.61 Å². The van der Waals surface area contributed by atoms with Crippen molar-refractivity contribution >= 4 is 11.7 Å². The summed E-state index contributed by atoms with van der Waals surface area (Å²) in [5, 5.41) is 6.14. The number of urea groups is 1. The lowest BCUT2D eigenvalue weighted by Gasteiger charge is -2.38. The molecule has 2 fully saturated rings. The molecule has 0 unspecified atom stereocenters. The van der Waals surface area contributed by atoms with Crippen LogP contribution in [0.2, 0.25) is 0 Å². The van der Waals surface area contributed by atoms with Gasteiger partial charge in [-0.1, -0.05) is 140 Å². The number of anilines is 1. The predicted molar refractivity (Wildman–Crippen MR) is 191 cm³/mol. The zero-order chi connectivity index (χ0) is 34.4. The number of fused-ring (bicyclic) bond motifs is 1. The minimum atomic E-state index is -1.02. The number of nitrogens with one attached hydrogen (secondary N) is 2. The van der Waals surface area contributed by atoms with Gasteiger partial charge in [0.1, 0.15) is 23.9 Å². The molecule has 0 aromatic heterocycles. The first-order chi connectivity index (χ1) is 24.4. The summed E-state index contributed by atoms with van der Waals surface area (Å²) in [5.41, 5.74) is 3.47. The summed E-state index contributed by atoms with van der Waals surface area (Å²) < 4.78 is 33.0. The third-order valence-corrected chi connectivity index (χ3v) is 9.08. The fourth-order valence-corrected chi connectivity index (χ4v) is 6.84. The van der Waals surface area contributed by atoms with E-state index in [0.29, 0.717) is 12.3 Å². The fraction of sp³-hybridized carbons (Fsp3) is 0.262. The molecule has 8 nitrogen and oxygen atoms in total. The number of hydrogen-bond donors (Lipinski definition) is 2. The molecular weight excluding hydrogens is 628 g/mol. The number of amides is 2. The van der Waals surface area contributed by atoms with E-state index < -0.39 is 48.1 Å². The average Bonchev–Trinajstić information content (AvgIpc) is 3.63. The van der Waals surface area contributed by atoms with Gasteiger partial charge in [-0.25, -0.2) is 4.79 Å². The molecule has 50 heavy (non-hydrogen) atoms. The van der Waals surface area contributed by atoms with Crippen molar-refractivity contribution in [2.24, 2.45) is 0 Å². The molecule has 256 valence electrons. The summed E-state index contributed by atoms with van der Waals surface area (Å²) in [7, 11) is 0. The molecule has 0 radical (unpaired) electrons. The lowest BCUT2D eigenvalue weighted by molar-refractivity contribution is -0.224. The van der Waals surface area contributed by atoms with E-state index in [9.17, 15) is 4.79 Å². The van der Waals surface area contributed by atoms with E-state index in [4.69, 9.17) is 23.7 Å². The fourth-order valence-electron chi connectivity index (χ4n) is 6.84. The molecule has 0 spiro atoms. The zero-order valence-electron chi connectivity index (χ0n) is 28.2. The van der Waals surface area contributed by atoms with Crippen molar-refractivity contribution in [3.63, 3.8) is 0 Å². The van der Waals surface area contributed by atoms with Crippen molar-refractivity contribution in [2.45, 2.75) is 62.5 Å². The van der Waals surface area contributed by atoms with Crippen LogP contribution in [0.1, 0.15) is 36.1 Å². The van der Waals surface area contributed by atoms with Crippen LogP contribution in [-0.2, 0) is 35.9 Å². The first-order valence-electron chi connectivity index (χ1n) is 17.0. The Balaban J connectivity index is 1.26. The van der Waals surface area contributed by atoms with Crippen LogP contribution in [0.5, 0.6) is 0 Å². The quantitative estimate of drug-likeness (QED) is 0.133. The number of benzene rings is 5. The van der Waals surface area contributed by atoms with E-state index in [0.717, 1.165) is 22.3 Å². The van der Waals surface area contributed by atoms with Crippen molar-refractivity contribution in [1.82, 2.24) is 5.32 Å². The molecule has 7 rings (SSSR count). The third-order valence-electron chi connectivity index (χ3n) is 9.08. The third kappa shape index (κ3) is 7.35. The molecule has 8 heteroatoms. The van der Waals surface area contributed by atoms with Crippen LogP contribution in [0, 0.1) is 0 Å². The van der Waals surface area contributed by atoms with Crippen LogP contribution in [0.25, 0.3) is 0 Å². The average molecular weight is 671 g/mol. The lowest BCUT2D eigenvalue weighted by Crippen LogP contribution is -2.54. The molecule has 2 aliphatic heterocycles. The van der Waals surface area contributed by atoms with Crippen LogP contribution >= 0.6 is 0 Å². The normalized spacial score (nSPS) is 21.6. The predicted octanol–water partition coefficient (Wildman–Crippen LogP) is 7.65. The molecule has 0 bridgehead atoms. The van der Waals surface area contributed by atoms with Gasteiger partial charge in [0.25, 0.3) is 0 Å². The summed E-state index contributed by atoms with van der Waals surface area (Å²) >= 11 is 0. The van der Waals surface area contributed by atoms with Crippen LogP contribution in [-0.4, -0.2) is 49.1 Å². The van der Waals surface area contributed by atoms with Crippen molar-refractivity contribution in [1.29, 1.82) is 0 Å². The van der Waals surface area contributed by atoms with Crippen LogP contribution < -0.4 is 10.6 Å². The van der Waals surface area contributed by atoms with Gasteiger partial charge in [0, 0.05) is 5.69 Å². The van der Waals surface area contributed by atoms with Crippen LogP contribution in [0.3, 0.4) is 0 Å². The maximum absolute atomic E-state index is 13.7. The van der Waals surface area contributed by atoms with E-state index in [1.807, 2.05) is 129 Å². The summed E-state index contributed by atoms with van der Waals surface area (Å²) in [6, 6.07) is 48.6. The van der Waals surface area contributed by atoms with Gasteiger partial charge in [-0.3, -0.25) is 0 Å². The molecule has 5 aromatic carbocycles. The maximum atomic E-state index is 13.7. The van der Waals surface area contributed by atoms with E-state index >= 15 is 0 Å². The zero-order valence-corrected chi connectivity index (χ0v) is 28.2. The van der Waals surface area contributed by atoms with Crippen LogP contribution in [0.15, 0.2) is 152 Å². The first-order valence-corrected chi connectivity index (χ1v) is 17.0. The minimum Gasteiger partial charge on any atom is -0.368 e. The highest BCUT2D eigenvalue weighted by molar-refractivity contribution is 5.89. The van der Waals surface area contributed by atoms with Crippen molar-refractivity contribution in [2.75, 3.05) is 11.9 Å². The summed E-state index contributed by atoms with van der Waals surface area (Å²) in [5.74, 6) is -0.859. The molecule has 5 aromatic rings. The highest BCUT2D eigenvalue weighted by atomic mass is 16.8. The lowest BCUT2D eigenvalue weighted by atomic mass is 9.80. The second-order valence-electron chi connectivity index (χ2n) is 13.0. The molecule has 2 saturated heterocycles. The smallest absolute Gasteiger partial charge is 0.319 e. The molecule has 5 atom stereocenters. The summed E-state index contributed by atoms with van der Waals surface area (Å²) in [6.07, 6.45) is -2.50. The summed E-state index contributed by atoms with van der Waals surface area (Å²) in [4.78, 5) is 13.7. The van der Waals surface area contributed by atoms with Crippen molar-refractivity contribution < 1.29 is 28.5 Å². The SMILES string of the molecule is CC1(C)O[C@H]2O[C@H]([C@@H](COC(c3ccccc3)(c3ccccc3)c3ccccc3)NC(=O)Nc3ccccc3)[C@H](OCc3ccccc3)[C@H]2O1. The Labute approximate surface area is 293 Å². The molecule has 2 N–H and O–H groups in total. The Hall–Kier alpha value is -4.83. The van der Waals surface area contributed by atoms with Gasteiger partial charge in [-0.05, 0) is 48.2 Å². The number of carbonyl (C=O) groups is 1. The van der Waals surface area contributed by atoms with Gasteiger partial charge < -0.3 is 34.3 Å². The minimum absolute atomic E-state index is 0.0551. The van der Waals surface area contributed by atoms with Gasteiger partial charge >= 0.3 is 6.03 Å². The van der Waals surface area contributed by atoms with Gasteiger partial charge in [0.05, 0.1) is 19.3 Å². The Morgan fingerprint density at radius 1 is 0.720 bits per heavy atom. The Morgan fingerprint density at radius 2 is 1.22 bits per heavy atom. The second-order valence-corrected chi connectivity index (χ2v) is 13.0. The van der Waals surface area contributed by atoms with Crippen molar-refractivity contribution in [3.8, 4) is 0 Å². The highest BCUT2D eigenvalue weighted by Gasteiger charge is 2.57. The topological polar surface area (TPSA) is 87.3 Å². The van der Waals surface area contributed by atoms with Gasteiger partial charge in [-0.15, -0.1) is 0 Å². The summed E-state index contributed by atoms with van der Waals surface area (Å²) in [6.45, 7) is 4.10. The largest absolute Gasteiger partial charge is 0.368 e. The van der Waals surface area contributed by atoms with E-state index in [2.05, 4.69) is 47.0 Å². The number of rotatable bonds is 12. The van der Waals surface area contributed by atoms with Crippen LogP contribution in [0.4, 0.5) is 10.5 Å². The Morgan fingerprint density at radius 3 is 1.76 bits per heavy atom. The van der Waals surface area contributed by atoms with Crippen molar-refractivity contribution in [3.05, 3.63) is 174 Å². The van der Waals surface area contributed by atoms with Gasteiger partial charge in [0.15, 0.2) is 12.1 Å². The monoisotopic (exact) mass is 670 g/mol. The molecule has 2 heterocycles. The maximum Gasteiger partial charge on any atom is 0.319 e. The van der Waals surface area contributed by atoms with E-state index in [1.54, 1.807) is 0 Å². The molecule has 0 aliphatic carbocycles. The molecule has 2 amide bonds. The van der Waals surface area contributed by atoms with E-state index in [1.165, 1.54) is 0 Å². The number of ether oxygens (including phenoxy) is 5. The molecular formula is C42H42N2O6. The number of carbonyl (C=O) groups excluding carboxylic acids is 1. The molecule has 2 aliphatic rings. The van der Waals surface area contributed by atoms with Gasteiger partial charge in [0.2, 0.25) is 0 Å². The second kappa shape index (κ2) is 15.0. The first kappa shape index (κ1) is 33.7.